The van der Waals surface area contributed by atoms with E-state index >= 15 is 0 Å². The van der Waals surface area contributed by atoms with E-state index in [0.29, 0.717) is 5.82 Å². The van der Waals surface area contributed by atoms with Crippen LogP contribution in [0.25, 0.3) is 0 Å². The quantitative estimate of drug-likeness (QED) is 0.837. The fraction of sp³-hybridized carbons (Fsp3) is 0.417. The van der Waals surface area contributed by atoms with E-state index in [4.69, 9.17) is 10.4 Å². The Morgan fingerprint density at radius 3 is 2.95 bits per heavy atom. The first-order valence-corrected chi connectivity index (χ1v) is 7.79. The zero-order valence-corrected chi connectivity index (χ0v) is 11.4. The summed E-state index contributed by atoms with van der Waals surface area (Å²) in [5.41, 5.74) is 0.213. The molecule has 1 N–H and O–H groups in total. The summed E-state index contributed by atoms with van der Waals surface area (Å²) in [7, 11) is -3.23. The second kappa shape index (κ2) is 5.46. The van der Waals surface area contributed by atoms with Crippen LogP contribution in [0.3, 0.4) is 0 Å². The fourth-order valence-electron chi connectivity index (χ4n) is 2.20. The molecule has 20 heavy (non-hydrogen) atoms. The first-order valence-electron chi connectivity index (χ1n) is 5.97. The molecular formula is C12H13N3O4S. The van der Waals surface area contributed by atoms with Crippen LogP contribution in [0.15, 0.2) is 18.2 Å². The van der Waals surface area contributed by atoms with E-state index < -0.39 is 21.8 Å². The number of carbonyl (C=O) groups is 1. The average molecular weight is 295 g/mol. The summed E-state index contributed by atoms with van der Waals surface area (Å²) in [5, 5.41) is 17.7. The SMILES string of the molecule is N#Cc1cccc(N2CCS(=O)(=O)CC2CC(=O)O)n1. The van der Waals surface area contributed by atoms with Gasteiger partial charge in [-0.1, -0.05) is 6.07 Å². The van der Waals surface area contributed by atoms with Gasteiger partial charge < -0.3 is 10.0 Å². The molecule has 1 unspecified atom stereocenters. The van der Waals surface area contributed by atoms with Crippen molar-refractivity contribution in [3.63, 3.8) is 0 Å². The minimum absolute atomic E-state index is 0.0401. The molecule has 106 valence electrons. The molecule has 7 nitrogen and oxygen atoms in total. The highest BCUT2D eigenvalue weighted by Crippen LogP contribution is 2.22. The molecule has 0 saturated carbocycles. The molecular weight excluding hydrogens is 282 g/mol. The molecule has 2 heterocycles. The van der Waals surface area contributed by atoms with Gasteiger partial charge in [-0.15, -0.1) is 0 Å². The second-order valence-electron chi connectivity index (χ2n) is 4.55. The number of aromatic nitrogens is 1. The van der Waals surface area contributed by atoms with Crippen LogP contribution in [0.1, 0.15) is 12.1 Å². The molecule has 0 radical (unpaired) electrons. The summed E-state index contributed by atoms with van der Waals surface area (Å²) in [6.07, 6.45) is -0.280. The molecule has 0 aromatic carbocycles. The second-order valence-corrected chi connectivity index (χ2v) is 6.78. The summed E-state index contributed by atoms with van der Waals surface area (Å²) in [5.74, 6) is -0.877. The highest BCUT2D eigenvalue weighted by Gasteiger charge is 2.33. The minimum Gasteiger partial charge on any atom is -0.481 e. The lowest BCUT2D eigenvalue weighted by molar-refractivity contribution is -0.137. The molecule has 1 aliphatic heterocycles. The molecule has 1 fully saturated rings. The predicted octanol–water partition coefficient (Wildman–Crippen LogP) is 0.0314. The monoisotopic (exact) mass is 295 g/mol. The number of aliphatic carboxylic acids is 1. The third-order valence-corrected chi connectivity index (χ3v) is 4.78. The molecule has 0 spiro atoms. The van der Waals surface area contributed by atoms with Crippen molar-refractivity contribution in [1.82, 2.24) is 4.98 Å². The summed E-state index contributed by atoms with van der Waals surface area (Å²) < 4.78 is 23.3. The van der Waals surface area contributed by atoms with Crippen LogP contribution < -0.4 is 4.90 Å². The first-order chi connectivity index (χ1) is 9.41. The molecule has 1 aliphatic rings. The van der Waals surface area contributed by atoms with Crippen LogP contribution in [-0.2, 0) is 14.6 Å². The van der Waals surface area contributed by atoms with Gasteiger partial charge in [-0.3, -0.25) is 4.79 Å². The number of pyridine rings is 1. The standard InChI is InChI=1S/C12H13N3O4S/c13-7-9-2-1-3-11(14-9)15-4-5-20(18,19)8-10(15)6-12(16)17/h1-3,10H,4-6,8H2,(H,16,17). The number of hydrogen-bond donors (Lipinski definition) is 1. The van der Waals surface area contributed by atoms with Gasteiger partial charge in [0.15, 0.2) is 9.84 Å². The Kier molecular flexibility index (Phi) is 3.90. The van der Waals surface area contributed by atoms with Crippen molar-refractivity contribution < 1.29 is 18.3 Å². The minimum atomic E-state index is -3.23. The van der Waals surface area contributed by atoms with Gasteiger partial charge in [0.2, 0.25) is 0 Å². The number of carboxylic acid groups (broad SMARTS) is 1. The van der Waals surface area contributed by atoms with Crippen LogP contribution in [0.2, 0.25) is 0 Å². The van der Waals surface area contributed by atoms with Crippen molar-refractivity contribution in [2.24, 2.45) is 0 Å². The van der Waals surface area contributed by atoms with Gasteiger partial charge in [0.1, 0.15) is 17.6 Å². The van der Waals surface area contributed by atoms with Gasteiger partial charge in [-0.25, -0.2) is 13.4 Å². The van der Waals surface area contributed by atoms with E-state index in [2.05, 4.69) is 4.98 Å². The Bertz CT molecular complexity index is 666. The maximum absolute atomic E-state index is 11.7. The normalized spacial score (nSPS) is 21.1. The van der Waals surface area contributed by atoms with Gasteiger partial charge in [0.25, 0.3) is 0 Å². The van der Waals surface area contributed by atoms with Crippen LogP contribution in [0, 0.1) is 11.3 Å². The molecule has 1 aromatic heterocycles. The van der Waals surface area contributed by atoms with Crippen LogP contribution >= 0.6 is 0 Å². The van der Waals surface area contributed by atoms with Crippen molar-refractivity contribution >= 4 is 21.6 Å². The Balaban J connectivity index is 2.32. The number of anilines is 1. The molecule has 1 aromatic rings. The Morgan fingerprint density at radius 1 is 1.55 bits per heavy atom. The highest BCUT2D eigenvalue weighted by molar-refractivity contribution is 7.91. The number of sulfone groups is 1. The summed E-state index contributed by atoms with van der Waals surface area (Å²) in [6.45, 7) is 0.183. The molecule has 0 amide bonds. The lowest BCUT2D eigenvalue weighted by atomic mass is 10.2. The van der Waals surface area contributed by atoms with E-state index in [1.165, 1.54) is 6.07 Å². The van der Waals surface area contributed by atoms with Gasteiger partial charge in [0, 0.05) is 6.54 Å². The summed E-state index contributed by atoms with van der Waals surface area (Å²) in [4.78, 5) is 16.6. The summed E-state index contributed by atoms with van der Waals surface area (Å²) in [6, 6.07) is 6.07. The van der Waals surface area contributed by atoms with E-state index in [-0.39, 0.29) is 30.2 Å². The van der Waals surface area contributed by atoms with Gasteiger partial charge in [-0.2, -0.15) is 5.26 Å². The van der Waals surface area contributed by atoms with Crippen LogP contribution in [0.5, 0.6) is 0 Å². The van der Waals surface area contributed by atoms with E-state index in [1.807, 2.05) is 6.07 Å². The van der Waals surface area contributed by atoms with Crippen molar-refractivity contribution in [3.8, 4) is 6.07 Å². The Hall–Kier alpha value is -2.14. The van der Waals surface area contributed by atoms with E-state index in [0.717, 1.165) is 0 Å². The fourth-order valence-corrected chi connectivity index (χ4v) is 3.73. The molecule has 0 aliphatic carbocycles. The zero-order chi connectivity index (χ0) is 14.8. The zero-order valence-electron chi connectivity index (χ0n) is 10.6. The van der Waals surface area contributed by atoms with E-state index in [9.17, 15) is 13.2 Å². The molecule has 8 heteroatoms. The van der Waals surface area contributed by atoms with Crippen LogP contribution in [-0.4, -0.2) is 48.6 Å². The Morgan fingerprint density at radius 2 is 2.30 bits per heavy atom. The maximum atomic E-state index is 11.7. The highest BCUT2D eigenvalue weighted by atomic mass is 32.2. The molecule has 0 bridgehead atoms. The van der Waals surface area contributed by atoms with Crippen molar-refractivity contribution in [3.05, 3.63) is 23.9 Å². The largest absolute Gasteiger partial charge is 0.481 e. The third-order valence-electron chi connectivity index (χ3n) is 3.08. The van der Waals surface area contributed by atoms with Gasteiger partial charge in [-0.05, 0) is 12.1 Å². The number of carboxylic acids is 1. The smallest absolute Gasteiger partial charge is 0.305 e. The molecule has 2 rings (SSSR count). The first kappa shape index (κ1) is 14.3. The maximum Gasteiger partial charge on any atom is 0.305 e. The Labute approximate surface area is 116 Å². The van der Waals surface area contributed by atoms with Gasteiger partial charge >= 0.3 is 5.97 Å². The molecule has 1 atom stereocenters. The predicted molar refractivity (Wildman–Crippen MR) is 71.0 cm³/mol. The number of nitrogens with zero attached hydrogens (tertiary/aromatic N) is 3. The van der Waals surface area contributed by atoms with Crippen molar-refractivity contribution in [2.75, 3.05) is 23.0 Å². The lowest BCUT2D eigenvalue weighted by Crippen LogP contribution is -2.49. The van der Waals surface area contributed by atoms with Crippen molar-refractivity contribution in [1.29, 1.82) is 5.26 Å². The lowest BCUT2D eigenvalue weighted by Gasteiger charge is -2.35. The number of hydrogen-bond acceptors (Lipinski definition) is 6. The van der Waals surface area contributed by atoms with Gasteiger partial charge in [0.05, 0.1) is 24.0 Å². The average Bonchev–Trinajstić information content (AvgIpc) is 2.37. The number of rotatable bonds is 3. The van der Waals surface area contributed by atoms with E-state index in [1.54, 1.807) is 17.0 Å². The number of nitriles is 1. The summed E-state index contributed by atoms with van der Waals surface area (Å²) >= 11 is 0. The van der Waals surface area contributed by atoms with Crippen LogP contribution in [0.4, 0.5) is 5.82 Å². The van der Waals surface area contributed by atoms with Crippen molar-refractivity contribution in [2.45, 2.75) is 12.5 Å². The molecule has 1 saturated heterocycles. The third kappa shape index (κ3) is 3.24. The topological polar surface area (TPSA) is 111 Å².